The number of benzene rings is 2. The van der Waals surface area contributed by atoms with Gasteiger partial charge >= 0.3 is 0 Å². The van der Waals surface area contributed by atoms with E-state index in [-0.39, 0.29) is 17.7 Å². The Bertz CT molecular complexity index is 648. The van der Waals surface area contributed by atoms with Gasteiger partial charge in [-0.15, -0.1) is 0 Å². The molecule has 0 saturated carbocycles. The number of rotatable bonds is 5. The van der Waals surface area contributed by atoms with Crippen molar-refractivity contribution >= 4 is 6.29 Å². The van der Waals surface area contributed by atoms with Crippen LogP contribution in [0.4, 0.5) is 13.2 Å². The highest BCUT2D eigenvalue weighted by molar-refractivity contribution is 5.75. The molecule has 0 bridgehead atoms. The molecule has 0 heterocycles. The van der Waals surface area contributed by atoms with Crippen LogP contribution in [0.25, 0.3) is 0 Å². The second-order valence-electron chi connectivity index (χ2n) is 4.18. The SMILES string of the molecule is COc1ccc(COc2c(F)cc(C=O)cc2F)c(F)c1. The van der Waals surface area contributed by atoms with Gasteiger partial charge in [0, 0.05) is 17.2 Å². The lowest BCUT2D eigenvalue weighted by Gasteiger charge is -2.10. The van der Waals surface area contributed by atoms with E-state index in [9.17, 15) is 18.0 Å². The third kappa shape index (κ3) is 3.34. The summed E-state index contributed by atoms with van der Waals surface area (Å²) in [5, 5.41) is 0. The molecule has 0 unspecified atom stereocenters. The van der Waals surface area contributed by atoms with Gasteiger partial charge in [-0.25, -0.2) is 13.2 Å². The highest BCUT2D eigenvalue weighted by Gasteiger charge is 2.14. The average molecular weight is 296 g/mol. The number of aldehydes is 1. The van der Waals surface area contributed by atoms with E-state index in [0.29, 0.717) is 12.0 Å². The van der Waals surface area contributed by atoms with Crippen molar-refractivity contribution in [2.45, 2.75) is 6.61 Å². The van der Waals surface area contributed by atoms with Crippen molar-refractivity contribution in [2.24, 2.45) is 0 Å². The Balaban J connectivity index is 2.18. The monoisotopic (exact) mass is 296 g/mol. The van der Waals surface area contributed by atoms with Crippen molar-refractivity contribution in [2.75, 3.05) is 7.11 Å². The number of halogens is 3. The first-order chi connectivity index (χ1) is 10.0. The summed E-state index contributed by atoms with van der Waals surface area (Å²) in [6.45, 7) is -0.357. The first-order valence-corrected chi connectivity index (χ1v) is 5.94. The molecule has 21 heavy (non-hydrogen) atoms. The standard InChI is InChI=1S/C15H11F3O3/c1-20-11-3-2-10(12(16)6-11)8-21-15-13(17)4-9(7-19)5-14(15)18/h2-7H,8H2,1H3. The molecular formula is C15H11F3O3. The van der Waals surface area contributed by atoms with E-state index < -0.39 is 23.2 Å². The minimum absolute atomic E-state index is 0.120. The van der Waals surface area contributed by atoms with Crippen LogP contribution in [0.1, 0.15) is 15.9 Å². The Kier molecular flexibility index (Phi) is 4.47. The van der Waals surface area contributed by atoms with Gasteiger partial charge in [-0.3, -0.25) is 4.79 Å². The quantitative estimate of drug-likeness (QED) is 0.792. The van der Waals surface area contributed by atoms with E-state index in [1.807, 2.05) is 0 Å². The summed E-state index contributed by atoms with van der Waals surface area (Å²) in [5.74, 6) is -2.99. The predicted molar refractivity (Wildman–Crippen MR) is 69.0 cm³/mol. The minimum Gasteiger partial charge on any atom is -0.497 e. The van der Waals surface area contributed by atoms with E-state index in [1.54, 1.807) is 0 Å². The number of hydrogen-bond donors (Lipinski definition) is 0. The lowest BCUT2D eigenvalue weighted by molar-refractivity contribution is 0.112. The fraction of sp³-hybridized carbons (Fsp3) is 0.133. The Hall–Kier alpha value is -2.50. The normalized spacial score (nSPS) is 10.3. The van der Waals surface area contributed by atoms with Crippen LogP contribution < -0.4 is 9.47 Å². The fourth-order valence-electron chi connectivity index (χ4n) is 1.71. The molecule has 0 aliphatic carbocycles. The van der Waals surface area contributed by atoms with Crippen LogP contribution in [0, 0.1) is 17.5 Å². The second kappa shape index (κ2) is 6.30. The predicted octanol–water partition coefficient (Wildman–Crippen LogP) is 3.50. The van der Waals surface area contributed by atoms with Gasteiger partial charge in [0.05, 0.1) is 7.11 Å². The molecule has 0 aliphatic rings. The van der Waals surface area contributed by atoms with Crippen LogP contribution in [-0.2, 0) is 6.61 Å². The third-order valence-corrected chi connectivity index (χ3v) is 2.79. The number of methoxy groups -OCH3 is 1. The number of ether oxygens (including phenoxy) is 2. The number of carbonyl (C=O) groups is 1. The van der Waals surface area contributed by atoms with Gasteiger partial charge in [0.1, 0.15) is 24.5 Å². The highest BCUT2D eigenvalue weighted by Crippen LogP contribution is 2.25. The molecule has 3 nitrogen and oxygen atoms in total. The van der Waals surface area contributed by atoms with Crippen molar-refractivity contribution in [3.63, 3.8) is 0 Å². The molecule has 110 valence electrons. The molecule has 0 radical (unpaired) electrons. The molecule has 0 spiro atoms. The molecule has 0 aliphatic heterocycles. The second-order valence-corrected chi connectivity index (χ2v) is 4.18. The molecule has 0 N–H and O–H groups in total. The first kappa shape index (κ1) is 14.9. The van der Waals surface area contributed by atoms with Crippen LogP contribution in [0.3, 0.4) is 0 Å². The summed E-state index contributed by atoms with van der Waals surface area (Å²) in [5.41, 5.74) is -0.0259. The summed E-state index contributed by atoms with van der Waals surface area (Å²) >= 11 is 0. The van der Waals surface area contributed by atoms with E-state index >= 15 is 0 Å². The molecule has 2 aromatic rings. The number of carbonyl (C=O) groups excluding carboxylic acids is 1. The highest BCUT2D eigenvalue weighted by atomic mass is 19.1. The summed E-state index contributed by atoms with van der Waals surface area (Å²) in [7, 11) is 1.39. The van der Waals surface area contributed by atoms with Crippen molar-refractivity contribution in [1.29, 1.82) is 0 Å². The van der Waals surface area contributed by atoms with Gasteiger partial charge in [0.25, 0.3) is 0 Å². The molecule has 0 aromatic heterocycles. The van der Waals surface area contributed by atoms with Crippen LogP contribution in [-0.4, -0.2) is 13.4 Å². The Morgan fingerprint density at radius 1 is 1.05 bits per heavy atom. The van der Waals surface area contributed by atoms with Gasteiger partial charge in [-0.1, -0.05) is 0 Å². The molecule has 0 amide bonds. The van der Waals surface area contributed by atoms with Gasteiger partial charge in [0.15, 0.2) is 17.4 Å². The zero-order chi connectivity index (χ0) is 15.4. The van der Waals surface area contributed by atoms with Crippen LogP contribution in [0.15, 0.2) is 30.3 Å². The minimum atomic E-state index is -1.02. The van der Waals surface area contributed by atoms with E-state index in [1.165, 1.54) is 19.2 Å². The first-order valence-electron chi connectivity index (χ1n) is 5.94. The van der Waals surface area contributed by atoms with E-state index in [2.05, 4.69) is 0 Å². The van der Waals surface area contributed by atoms with Gasteiger partial charge in [-0.2, -0.15) is 0 Å². The zero-order valence-electron chi connectivity index (χ0n) is 11.0. The maximum atomic E-state index is 13.7. The molecule has 0 fully saturated rings. The average Bonchev–Trinajstić information content (AvgIpc) is 2.47. The lowest BCUT2D eigenvalue weighted by Crippen LogP contribution is -2.03. The van der Waals surface area contributed by atoms with Crippen molar-refractivity contribution < 1.29 is 27.4 Å². The largest absolute Gasteiger partial charge is 0.497 e. The summed E-state index contributed by atoms with van der Waals surface area (Å²) in [4.78, 5) is 10.5. The lowest BCUT2D eigenvalue weighted by atomic mass is 10.2. The van der Waals surface area contributed by atoms with Crippen LogP contribution >= 0.6 is 0 Å². The summed E-state index contributed by atoms with van der Waals surface area (Å²) in [6.07, 6.45) is 0.319. The molecule has 6 heteroatoms. The van der Waals surface area contributed by atoms with Gasteiger partial charge in [0.2, 0.25) is 0 Å². The Labute approximate surface area is 118 Å². The molecule has 2 aromatic carbocycles. The number of hydrogen-bond acceptors (Lipinski definition) is 3. The van der Waals surface area contributed by atoms with Crippen molar-refractivity contribution in [3.8, 4) is 11.5 Å². The fourth-order valence-corrected chi connectivity index (χ4v) is 1.71. The zero-order valence-corrected chi connectivity index (χ0v) is 11.0. The summed E-state index contributed by atoms with van der Waals surface area (Å²) < 4.78 is 50.6. The Morgan fingerprint density at radius 2 is 1.71 bits per heavy atom. The van der Waals surface area contributed by atoms with E-state index in [0.717, 1.165) is 18.2 Å². The van der Waals surface area contributed by atoms with E-state index in [4.69, 9.17) is 9.47 Å². The summed E-state index contributed by atoms with van der Waals surface area (Å²) in [6, 6.07) is 5.72. The smallest absolute Gasteiger partial charge is 0.191 e. The molecule has 0 saturated heterocycles. The molecule has 0 atom stereocenters. The maximum absolute atomic E-state index is 13.7. The van der Waals surface area contributed by atoms with Gasteiger partial charge in [-0.05, 0) is 24.3 Å². The maximum Gasteiger partial charge on any atom is 0.191 e. The van der Waals surface area contributed by atoms with Gasteiger partial charge < -0.3 is 9.47 Å². The topological polar surface area (TPSA) is 35.5 Å². The third-order valence-electron chi connectivity index (χ3n) is 2.79. The van der Waals surface area contributed by atoms with Crippen LogP contribution in [0.2, 0.25) is 0 Å². The van der Waals surface area contributed by atoms with Crippen molar-refractivity contribution in [1.82, 2.24) is 0 Å². The van der Waals surface area contributed by atoms with Crippen LogP contribution in [0.5, 0.6) is 11.5 Å². The Morgan fingerprint density at radius 3 is 2.24 bits per heavy atom. The molecular weight excluding hydrogens is 285 g/mol. The molecule has 2 rings (SSSR count). The van der Waals surface area contributed by atoms with Crippen molar-refractivity contribution in [3.05, 3.63) is 58.9 Å².